The van der Waals surface area contributed by atoms with Crippen molar-refractivity contribution in [2.24, 2.45) is 17.8 Å². The Morgan fingerprint density at radius 3 is 2.10 bits per heavy atom. The molecule has 0 bridgehead atoms. The number of ether oxygens (including phenoxy) is 4. The summed E-state index contributed by atoms with van der Waals surface area (Å²) in [6, 6.07) is 42.0. The van der Waals surface area contributed by atoms with Crippen molar-refractivity contribution in [1.29, 1.82) is 0 Å². The summed E-state index contributed by atoms with van der Waals surface area (Å²) in [7, 11) is 3.08. The van der Waals surface area contributed by atoms with Gasteiger partial charge in [0.2, 0.25) is 0 Å². The molecule has 12 rings (SSSR count). The van der Waals surface area contributed by atoms with Crippen molar-refractivity contribution in [3.05, 3.63) is 161 Å². The Bertz CT molecular complexity index is 3290. The predicted molar refractivity (Wildman–Crippen MR) is 275 cm³/mol. The van der Waals surface area contributed by atoms with E-state index in [2.05, 4.69) is 36.4 Å². The topological polar surface area (TPSA) is 152 Å². The first-order chi connectivity index (χ1) is 34.9. The van der Waals surface area contributed by atoms with Gasteiger partial charge in [-0.2, -0.15) is 0 Å². The molecule has 5 aliphatic carbocycles. The van der Waals surface area contributed by atoms with Crippen LogP contribution in [0.5, 0.6) is 28.7 Å². The largest absolute Gasteiger partial charge is 0.508 e. The summed E-state index contributed by atoms with van der Waals surface area (Å²) in [6.45, 7) is 1.44. The highest BCUT2D eigenvalue weighted by Gasteiger charge is 2.67. The molecule has 4 N–H and O–H groups in total. The molecule has 3 fully saturated rings. The van der Waals surface area contributed by atoms with Crippen LogP contribution in [0, 0.1) is 17.8 Å². The Labute approximate surface area is 419 Å². The average molecular weight is 965 g/mol. The van der Waals surface area contributed by atoms with E-state index in [0.717, 1.165) is 78.9 Å². The van der Waals surface area contributed by atoms with Crippen molar-refractivity contribution in [2.45, 2.75) is 106 Å². The fourth-order valence-electron chi connectivity index (χ4n) is 15.0. The average Bonchev–Trinajstić information content (AvgIpc) is 3.89. The van der Waals surface area contributed by atoms with Gasteiger partial charge in [0, 0.05) is 24.7 Å². The van der Waals surface area contributed by atoms with Gasteiger partial charge in [0.25, 0.3) is 0 Å². The second kappa shape index (κ2) is 17.6. The first kappa shape index (κ1) is 46.1. The number of esters is 2. The van der Waals surface area contributed by atoms with E-state index in [0.29, 0.717) is 50.0 Å². The van der Waals surface area contributed by atoms with Crippen LogP contribution in [-0.2, 0) is 42.7 Å². The number of rotatable bonds is 8. The molecule has 10 heteroatoms. The van der Waals surface area contributed by atoms with E-state index < -0.39 is 41.0 Å². The fourth-order valence-corrected chi connectivity index (χ4v) is 15.0. The molecule has 9 unspecified atom stereocenters. The van der Waals surface area contributed by atoms with Crippen LogP contribution in [0.1, 0.15) is 97.1 Å². The molecule has 7 aromatic carbocycles. The molecule has 0 aromatic heterocycles. The third kappa shape index (κ3) is 7.22. The number of phenols is 3. The first-order valence-corrected chi connectivity index (χ1v) is 25.6. The number of aromatic hydroxyl groups is 3. The minimum absolute atomic E-state index is 0.0155. The highest BCUT2D eigenvalue weighted by Crippen LogP contribution is 2.69. The lowest BCUT2D eigenvalue weighted by Gasteiger charge is -2.66. The van der Waals surface area contributed by atoms with Gasteiger partial charge in [-0.25, -0.2) is 0 Å². The molecular formula is C62H60O10. The monoisotopic (exact) mass is 964 g/mol. The van der Waals surface area contributed by atoms with Crippen LogP contribution in [0.4, 0.5) is 0 Å². The van der Waals surface area contributed by atoms with E-state index in [4.69, 9.17) is 18.9 Å². The highest BCUT2D eigenvalue weighted by atomic mass is 16.6. The number of aliphatic hydroxyl groups is 1. The Hall–Kier alpha value is -7.04. The maximum absolute atomic E-state index is 15.7. The molecule has 0 radical (unpaired) electrons. The Kier molecular flexibility index (Phi) is 11.3. The van der Waals surface area contributed by atoms with Gasteiger partial charge in [0.05, 0.1) is 25.7 Å². The summed E-state index contributed by atoms with van der Waals surface area (Å²) in [5, 5.41) is 50.5. The zero-order valence-corrected chi connectivity index (χ0v) is 40.8. The molecule has 0 aliphatic heterocycles. The lowest BCUT2D eigenvalue weighted by molar-refractivity contribution is -0.173. The standard InChI is InChI=1S/C62H60O10/c1-34(63)71-56-30-44(72-60(68)61(19-9-10-20-61)41-17-16-38-22-43(64)28-46(45(38)27-41)36-12-5-4-6-13-36)29-49-47-32-58(70-3)54(66)25-39(47)23-50-53(65)33-51-48-31-55(67)57(69-2)26-40(48)24-52(56)62(51,59(49)50)42-18-15-35-11-7-8-14-37(35)21-42/h4-8,11-18,21-22,25-28,31-32,44,49-53,56,59,64-67H,9-10,19-20,23-24,29-30,33H2,1-3H3. The highest BCUT2D eigenvalue weighted by molar-refractivity contribution is 5.99. The van der Waals surface area contributed by atoms with Gasteiger partial charge in [-0.3, -0.25) is 9.59 Å². The Balaban J connectivity index is 1.06. The minimum Gasteiger partial charge on any atom is -0.508 e. The second-order valence-electron chi connectivity index (χ2n) is 21.3. The molecule has 5 aliphatic rings. The molecule has 368 valence electrons. The number of carbonyl (C=O) groups is 2. The summed E-state index contributed by atoms with van der Waals surface area (Å²) in [6.07, 6.45) is 2.45. The molecular weight excluding hydrogens is 905 g/mol. The van der Waals surface area contributed by atoms with Crippen LogP contribution in [0.2, 0.25) is 0 Å². The van der Waals surface area contributed by atoms with Crippen molar-refractivity contribution < 1.29 is 49.0 Å². The number of fused-ring (bicyclic) bond motifs is 6. The van der Waals surface area contributed by atoms with E-state index in [1.807, 2.05) is 72.8 Å². The van der Waals surface area contributed by atoms with E-state index in [1.165, 1.54) is 14.0 Å². The molecule has 9 atom stereocenters. The first-order valence-electron chi connectivity index (χ1n) is 25.6. The van der Waals surface area contributed by atoms with Gasteiger partial charge in [-0.1, -0.05) is 97.8 Å². The third-order valence-corrected chi connectivity index (χ3v) is 17.9. The minimum atomic E-state index is -0.968. The molecule has 0 amide bonds. The van der Waals surface area contributed by atoms with Crippen molar-refractivity contribution in [3.8, 4) is 39.9 Å². The summed E-state index contributed by atoms with van der Waals surface area (Å²) in [4.78, 5) is 29.4. The van der Waals surface area contributed by atoms with E-state index in [-0.39, 0.29) is 53.3 Å². The number of aliphatic hydroxyl groups excluding tert-OH is 1. The lowest BCUT2D eigenvalue weighted by Crippen LogP contribution is -2.65. The number of hydrogen-bond donors (Lipinski definition) is 4. The van der Waals surface area contributed by atoms with Crippen molar-refractivity contribution in [1.82, 2.24) is 0 Å². The smallest absolute Gasteiger partial charge is 0.316 e. The number of benzene rings is 7. The van der Waals surface area contributed by atoms with Gasteiger partial charge in [-0.15, -0.1) is 0 Å². The van der Waals surface area contributed by atoms with Crippen molar-refractivity contribution in [3.63, 3.8) is 0 Å². The van der Waals surface area contributed by atoms with Crippen LogP contribution in [0.25, 0.3) is 32.7 Å². The zero-order chi connectivity index (χ0) is 49.6. The maximum Gasteiger partial charge on any atom is 0.316 e. The van der Waals surface area contributed by atoms with Gasteiger partial charge in [-0.05, 0) is 171 Å². The SMILES string of the molecule is COc1cc2c(cc1O)C1CC(O)C3Cc4cc(O)c(OC)cc4C4CC(OC(=O)C5(c6ccc7cc(O)cc(-c8ccccc8)c7c6)CCCC5)CC(OC(C)=O)C(C2)C1(c1ccc2ccccc2c1)C43. The number of hydrogen-bond acceptors (Lipinski definition) is 10. The quantitative estimate of drug-likeness (QED) is 0.108. The summed E-state index contributed by atoms with van der Waals surface area (Å²) in [5.74, 6) is -1.62. The Morgan fingerprint density at radius 1 is 0.639 bits per heavy atom. The van der Waals surface area contributed by atoms with Crippen LogP contribution in [0.3, 0.4) is 0 Å². The number of methoxy groups -OCH3 is 2. The summed E-state index contributed by atoms with van der Waals surface area (Å²) >= 11 is 0. The van der Waals surface area contributed by atoms with Crippen molar-refractivity contribution >= 4 is 33.5 Å². The molecule has 72 heavy (non-hydrogen) atoms. The van der Waals surface area contributed by atoms with Crippen LogP contribution in [0.15, 0.2) is 127 Å². The van der Waals surface area contributed by atoms with Gasteiger partial charge in [0.15, 0.2) is 23.0 Å². The van der Waals surface area contributed by atoms with Crippen LogP contribution < -0.4 is 9.47 Å². The van der Waals surface area contributed by atoms with Gasteiger partial charge < -0.3 is 39.4 Å². The third-order valence-electron chi connectivity index (χ3n) is 17.9. The van der Waals surface area contributed by atoms with Crippen LogP contribution in [-0.4, -0.2) is 64.9 Å². The van der Waals surface area contributed by atoms with E-state index in [1.54, 1.807) is 25.3 Å². The molecule has 0 heterocycles. The predicted octanol–water partition coefficient (Wildman–Crippen LogP) is 11.5. The maximum atomic E-state index is 15.7. The lowest BCUT2D eigenvalue weighted by atomic mass is 9.38. The number of phenolic OH excluding ortho intramolecular Hbond substituents is 3. The van der Waals surface area contributed by atoms with Gasteiger partial charge >= 0.3 is 11.9 Å². The van der Waals surface area contributed by atoms with Crippen molar-refractivity contribution in [2.75, 3.05) is 14.2 Å². The normalized spacial score (nSPS) is 26.8. The van der Waals surface area contributed by atoms with Gasteiger partial charge in [0.1, 0.15) is 18.0 Å². The van der Waals surface area contributed by atoms with Crippen LogP contribution >= 0.6 is 0 Å². The molecule has 3 saturated carbocycles. The Morgan fingerprint density at radius 2 is 1.33 bits per heavy atom. The molecule has 10 nitrogen and oxygen atoms in total. The molecule has 7 aromatic rings. The second-order valence-corrected chi connectivity index (χ2v) is 21.3. The molecule has 0 spiro atoms. The van der Waals surface area contributed by atoms with E-state index in [9.17, 15) is 25.2 Å². The number of carbonyl (C=O) groups excluding carboxylic acids is 2. The zero-order valence-electron chi connectivity index (χ0n) is 40.8. The summed E-state index contributed by atoms with van der Waals surface area (Å²) in [5.41, 5.74) is 5.73. The summed E-state index contributed by atoms with van der Waals surface area (Å²) < 4.78 is 25.3. The fraction of sp³-hybridized carbons (Fsp3) is 0.355. The van der Waals surface area contributed by atoms with E-state index >= 15 is 4.79 Å². The molecule has 0 saturated heterocycles.